The fourth-order valence-electron chi connectivity index (χ4n) is 2.40. The van der Waals surface area contributed by atoms with Gasteiger partial charge < -0.3 is 4.74 Å². The first-order valence-corrected chi connectivity index (χ1v) is 10.1. The zero-order valence-electron chi connectivity index (χ0n) is 14.9. The molecular formula is C18H15BrF2N4O2S. The van der Waals surface area contributed by atoms with E-state index >= 15 is 0 Å². The molecule has 0 spiro atoms. The van der Waals surface area contributed by atoms with Gasteiger partial charge in [0.1, 0.15) is 28.5 Å². The van der Waals surface area contributed by atoms with Gasteiger partial charge in [-0.1, -0.05) is 11.8 Å². The molecule has 3 rings (SSSR count). The molecule has 1 aromatic carbocycles. The van der Waals surface area contributed by atoms with Crippen LogP contribution in [0.4, 0.5) is 8.78 Å². The van der Waals surface area contributed by atoms with E-state index in [2.05, 4.69) is 30.9 Å². The molecule has 0 radical (unpaired) electrons. The highest BCUT2D eigenvalue weighted by molar-refractivity contribution is 9.10. The van der Waals surface area contributed by atoms with Gasteiger partial charge in [0, 0.05) is 17.8 Å². The van der Waals surface area contributed by atoms with Crippen LogP contribution >= 0.6 is 27.7 Å². The van der Waals surface area contributed by atoms with E-state index in [9.17, 15) is 13.6 Å². The molecule has 3 aromatic rings. The van der Waals surface area contributed by atoms with Crippen LogP contribution in [-0.4, -0.2) is 25.8 Å². The minimum atomic E-state index is -0.727. The average molecular weight is 469 g/mol. The Morgan fingerprint density at radius 1 is 1.25 bits per heavy atom. The number of hydrogen-bond donors (Lipinski definition) is 0. The van der Waals surface area contributed by atoms with Crippen LogP contribution in [0.25, 0.3) is 0 Å². The summed E-state index contributed by atoms with van der Waals surface area (Å²) in [5, 5.41) is 0.608. The van der Waals surface area contributed by atoms with Crippen LogP contribution in [0.3, 0.4) is 0 Å². The topological polar surface area (TPSA) is 69.9 Å². The summed E-state index contributed by atoms with van der Waals surface area (Å²) in [7, 11) is 0. The lowest BCUT2D eigenvalue weighted by molar-refractivity contribution is 0.282. The Kier molecular flexibility index (Phi) is 6.40. The summed E-state index contributed by atoms with van der Waals surface area (Å²) in [4.78, 5) is 25.5. The molecule has 146 valence electrons. The SMILES string of the molecule is CSc1nccc(Cn2c(C)nc(OCc3ccc(F)cc3F)c(Br)c2=O)n1. The Morgan fingerprint density at radius 3 is 2.75 bits per heavy atom. The first-order valence-electron chi connectivity index (χ1n) is 8.08. The quantitative estimate of drug-likeness (QED) is 0.405. The van der Waals surface area contributed by atoms with Crippen molar-refractivity contribution in [2.75, 3.05) is 6.26 Å². The van der Waals surface area contributed by atoms with Crippen molar-refractivity contribution in [2.45, 2.75) is 25.2 Å². The van der Waals surface area contributed by atoms with Gasteiger partial charge in [-0.2, -0.15) is 4.98 Å². The van der Waals surface area contributed by atoms with Crippen molar-refractivity contribution in [2.24, 2.45) is 0 Å². The van der Waals surface area contributed by atoms with Gasteiger partial charge in [0.05, 0.1) is 12.2 Å². The van der Waals surface area contributed by atoms with E-state index in [1.165, 1.54) is 22.4 Å². The van der Waals surface area contributed by atoms with E-state index in [4.69, 9.17) is 4.74 Å². The predicted molar refractivity (Wildman–Crippen MR) is 105 cm³/mol. The summed E-state index contributed by atoms with van der Waals surface area (Å²) in [5.41, 5.74) is 0.467. The van der Waals surface area contributed by atoms with Crippen molar-refractivity contribution in [3.05, 3.63) is 74.0 Å². The zero-order valence-corrected chi connectivity index (χ0v) is 17.4. The van der Waals surface area contributed by atoms with Gasteiger partial charge in [-0.25, -0.2) is 18.7 Å². The molecule has 0 aliphatic heterocycles. The van der Waals surface area contributed by atoms with E-state index in [0.717, 1.165) is 12.1 Å². The van der Waals surface area contributed by atoms with Gasteiger partial charge >= 0.3 is 0 Å². The fourth-order valence-corrected chi connectivity index (χ4v) is 3.20. The number of ether oxygens (including phenoxy) is 1. The summed E-state index contributed by atoms with van der Waals surface area (Å²) < 4.78 is 33.8. The predicted octanol–water partition coefficient (Wildman–Crippen LogP) is 3.73. The van der Waals surface area contributed by atoms with Crippen LogP contribution in [0.5, 0.6) is 5.88 Å². The number of benzene rings is 1. The molecule has 0 bridgehead atoms. The standard InChI is InChI=1S/C18H15BrF2N4O2S/c1-10-23-16(27-9-11-3-4-12(20)7-14(11)21)15(19)17(26)25(10)8-13-5-6-22-18(24-13)28-2/h3-7H,8-9H2,1-2H3. The number of halogens is 3. The number of nitrogens with zero attached hydrogens (tertiary/aromatic N) is 4. The summed E-state index contributed by atoms with van der Waals surface area (Å²) >= 11 is 4.60. The van der Waals surface area contributed by atoms with Crippen LogP contribution in [0, 0.1) is 18.6 Å². The average Bonchev–Trinajstić information content (AvgIpc) is 2.68. The molecule has 0 amide bonds. The van der Waals surface area contributed by atoms with Crippen molar-refractivity contribution < 1.29 is 13.5 Å². The Bertz CT molecular complexity index is 1080. The lowest BCUT2D eigenvalue weighted by Gasteiger charge is -2.13. The number of aryl methyl sites for hydroxylation is 1. The van der Waals surface area contributed by atoms with Crippen LogP contribution in [0.2, 0.25) is 0 Å². The normalized spacial score (nSPS) is 10.9. The third kappa shape index (κ3) is 4.56. The smallest absolute Gasteiger partial charge is 0.272 e. The maximum absolute atomic E-state index is 13.7. The van der Waals surface area contributed by atoms with E-state index in [1.54, 1.807) is 19.2 Å². The number of hydrogen-bond acceptors (Lipinski definition) is 6. The highest BCUT2D eigenvalue weighted by Crippen LogP contribution is 2.21. The molecule has 0 aliphatic rings. The molecule has 0 N–H and O–H groups in total. The largest absolute Gasteiger partial charge is 0.472 e. The van der Waals surface area contributed by atoms with Crippen molar-refractivity contribution in [1.82, 2.24) is 19.5 Å². The third-order valence-electron chi connectivity index (χ3n) is 3.85. The second-order valence-electron chi connectivity index (χ2n) is 5.73. The molecule has 28 heavy (non-hydrogen) atoms. The van der Waals surface area contributed by atoms with E-state index in [1.807, 2.05) is 6.26 Å². The first-order chi connectivity index (χ1) is 13.4. The van der Waals surface area contributed by atoms with E-state index in [0.29, 0.717) is 16.7 Å². The van der Waals surface area contributed by atoms with Gasteiger partial charge in [0.25, 0.3) is 5.56 Å². The Balaban J connectivity index is 1.84. The highest BCUT2D eigenvalue weighted by atomic mass is 79.9. The molecule has 0 fully saturated rings. The van der Waals surface area contributed by atoms with Crippen molar-refractivity contribution in [3.8, 4) is 5.88 Å². The molecular weight excluding hydrogens is 454 g/mol. The van der Waals surface area contributed by atoms with Crippen LogP contribution in [0.1, 0.15) is 17.1 Å². The molecule has 0 aliphatic carbocycles. The second-order valence-corrected chi connectivity index (χ2v) is 7.29. The summed E-state index contributed by atoms with van der Waals surface area (Å²) in [6, 6.07) is 4.92. The van der Waals surface area contributed by atoms with Crippen molar-refractivity contribution >= 4 is 27.7 Å². The van der Waals surface area contributed by atoms with Gasteiger partial charge in [-0.3, -0.25) is 9.36 Å². The number of aromatic nitrogens is 4. The Morgan fingerprint density at radius 2 is 2.04 bits per heavy atom. The summed E-state index contributed by atoms with van der Waals surface area (Å²) in [6.45, 7) is 1.69. The first kappa shape index (κ1) is 20.4. The Labute approximate surface area is 172 Å². The maximum atomic E-state index is 13.7. The van der Waals surface area contributed by atoms with Crippen LogP contribution in [-0.2, 0) is 13.2 Å². The third-order valence-corrected chi connectivity index (χ3v) is 5.09. The van der Waals surface area contributed by atoms with Gasteiger partial charge in [0.15, 0.2) is 5.16 Å². The van der Waals surface area contributed by atoms with Gasteiger partial charge in [-0.05, 0) is 47.3 Å². The molecule has 0 saturated carbocycles. The van der Waals surface area contributed by atoms with Crippen molar-refractivity contribution in [3.63, 3.8) is 0 Å². The highest BCUT2D eigenvalue weighted by Gasteiger charge is 2.16. The molecule has 2 heterocycles. The molecule has 10 heteroatoms. The summed E-state index contributed by atoms with van der Waals surface area (Å²) in [5.74, 6) is -0.954. The number of thioether (sulfide) groups is 1. The van der Waals surface area contributed by atoms with Gasteiger partial charge in [0.2, 0.25) is 5.88 Å². The zero-order chi connectivity index (χ0) is 20.3. The molecule has 6 nitrogen and oxygen atoms in total. The minimum absolute atomic E-state index is 0.0370. The molecule has 0 unspecified atom stereocenters. The molecule has 0 atom stereocenters. The lowest BCUT2D eigenvalue weighted by Crippen LogP contribution is -2.26. The fraction of sp³-hybridized carbons (Fsp3) is 0.222. The maximum Gasteiger partial charge on any atom is 0.272 e. The lowest BCUT2D eigenvalue weighted by atomic mass is 10.2. The Hall–Kier alpha value is -2.33. The molecule has 0 saturated heterocycles. The summed E-state index contributed by atoms with van der Waals surface area (Å²) in [6.07, 6.45) is 3.50. The minimum Gasteiger partial charge on any atom is -0.472 e. The van der Waals surface area contributed by atoms with Crippen molar-refractivity contribution in [1.29, 1.82) is 0 Å². The van der Waals surface area contributed by atoms with E-state index < -0.39 is 11.6 Å². The second kappa shape index (κ2) is 8.78. The van der Waals surface area contributed by atoms with Crippen LogP contribution in [0.15, 0.2) is 44.9 Å². The molecule has 2 aromatic heterocycles. The number of rotatable bonds is 6. The monoisotopic (exact) mass is 468 g/mol. The van der Waals surface area contributed by atoms with E-state index in [-0.39, 0.29) is 34.6 Å². The van der Waals surface area contributed by atoms with Gasteiger partial charge in [-0.15, -0.1) is 0 Å². The van der Waals surface area contributed by atoms with Crippen LogP contribution < -0.4 is 10.3 Å².